The van der Waals surface area contributed by atoms with E-state index in [9.17, 15) is 0 Å². The number of methoxy groups -OCH3 is 1. The zero-order valence-electron chi connectivity index (χ0n) is 17.0. The maximum Gasteiger partial charge on any atom is 0.122 e. The molecule has 2 aromatic carbocycles. The molecule has 142 valence electrons. The number of benzene rings is 2. The molecule has 0 radical (unpaired) electrons. The van der Waals surface area contributed by atoms with Gasteiger partial charge in [0.25, 0.3) is 0 Å². The van der Waals surface area contributed by atoms with Crippen molar-refractivity contribution in [1.82, 2.24) is 4.90 Å². The summed E-state index contributed by atoms with van der Waals surface area (Å²) in [6.07, 6.45) is 3.31. The van der Waals surface area contributed by atoms with Crippen LogP contribution in [0.25, 0.3) is 0 Å². The summed E-state index contributed by atoms with van der Waals surface area (Å²) in [6, 6.07) is 13.8. The van der Waals surface area contributed by atoms with Gasteiger partial charge in [0.1, 0.15) is 5.75 Å². The van der Waals surface area contributed by atoms with Crippen molar-refractivity contribution in [3.63, 3.8) is 0 Å². The topological polar surface area (TPSA) is 24.8 Å². The van der Waals surface area contributed by atoms with Gasteiger partial charge in [-0.3, -0.25) is 4.99 Å². The Kier molecular flexibility index (Phi) is 5.05. The SMILES string of the molecule is CCCc1cc2c(cc1OC)C(c1ccc(C)cc1)=NC1CCN(C)C[C@H]21. The molecule has 2 heterocycles. The second kappa shape index (κ2) is 7.47. The molecule has 1 saturated heterocycles. The zero-order valence-corrected chi connectivity index (χ0v) is 17.0. The number of hydrogen-bond donors (Lipinski definition) is 0. The average molecular weight is 363 g/mol. The lowest BCUT2D eigenvalue weighted by molar-refractivity contribution is 0.227. The molecule has 0 N–H and O–H groups in total. The quantitative estimate of drug-likeness (QED) is 0.794. The summed E-state index contributed by atoms with van der Waals surface area (Å²) in [5.41, 5.74) is 7.68. The van der Waals surface area contributed by atoms with Crippen LogP contribution in [0, 0.1) is 6.92 Å². The second-order valence-electron chi connectivity index (χ2n) is 8.07. The van der Waals surface area contributed by atoms with Crippen molar-refractivity contribution >= 4 is 5.71 Å². The van der Waals surface area contributed by atoms with Crippen molar-refractivity contribution in [2.75, 3.05) is 27.2 Å². The van der Waals surface area contributed by atoms with Crippen LogP contribution in [0.2, 0.25) is 0 Å². The van der Waals surface area contributed by atoms with E-state index in [-0.39, 0.29) is 0 Å². The fraction of sp³-hybridized carbons (Fsp3) is 0.458. The van der Waals surface area contributed by atoms with Crippen LogP contribution in [0.5, 0.6) is 5.75 Å². The van der Waals surface area contributed by atoms with Gasteiger partial charge in [-0.25, -0.2) is 0 Å². The van der Waals surface area contributed by atoms with Crippen molar-refractivity contribution in [3.05, 3.63) is 64.2 Å². The minimum absolute atomic E-state index is 0.382. The number of fused-ring (bicyclic) bond motifs is 3. The molecule has 0 aliphatic carbocycles. The predicted molar refractivity (Wildman–Crippen MR) is 112 cm³/mol. The molecular formula is C24H30N2O. The maximum absolute atomic E-state index is 5.76. The Hall–Kier alpha value is -2.13. The number of nitrogens with zero attached hydrogens (tertiary/aromatic N) is 2. The normalized spacial score (nSPS) is 22.0. The maximum atomic E-state index is 5.76. The average Bonchev–Trinajstić information content (AvgIpc) is 2.68. The van der Waals surface area contributed by atoms with Crippen molar-refractivity contribution in [3.8, 4) is 5.75 Å². The molecule has 2 atom stereocenters. The highest BCUT2D eigenvalue weighted by molar-refractivity contribution is 6.15. The van der Waals surface area contributed by atoms with Crippen molar-refractivity contribution in [1.29, 1.82) is 0 Å². The highest BCUT2D eigenvalue weighted by atomic mass is 16.5. The van der Waals surface area contributed by atoms with E-state index in [0.29, 0.717) is 12.0 Å². The first kappa shape index (κ1) is 18.2. The molecule has 1 unspecified atom stereocenters. The minimum Gasteiger partial charge on any atom is -0.496 e. The van der Waals surface area contributed by atoms with Gasteiger partial charge in [0.15, 0.2) is 0 Å². The smallest absolute Gasteiger partial charge is 0.122 e. The van der Waals surface area contributed by atoms with Gasteiger partial charge in [0.05, 0.1) is 18.9 Å². The Morgan fingerprint density at radius 3 is 2.67 bits per heavy atom. The van der Waals surface area contributed by atoms with Crippen LogP contribution in [-0.4, -0.2) is 43.9 Å². The van der Waals surface area contributed by atoms with Crippen LogP contribution in [-0.2, 0) is 6.42 Å². The summed E-state index contributed by atoms with van der Waals surface area (Å²) >= 11 is 0. The van der Waals surface area contributed by atoms with E-state index in [1.807, 2.05) is 0 Å². The number of ether oxygens (including phenoxy) is 1. The van der Waals surface area contributed by atoms with E-state index in [0.717, 1.165) is 43.8 Å². The van der Waals surface area contributed by atoms with Gasteiger partial charge in [-0.05, 0) is 50.6 Å². The molecule has 2 aliphatic heterocycles. The Labute approximate surface area is 163 Å². The monoisotopic (exact) mass is 362 g/mol. The molecule has 3 nitrogen and oxygen atoms in total. The lowest BCUT2D eigenvalue weighted by atomic mass is 9.78. The van der Waals surface area contributed by atoms with E-state index in [4.69, 9.17) is 9.73 Å². The van der Waals surface area contributed by atoms with Crippen LogP contribution >= 0.6 is 0 Å². The number of rotatable bonds is 4. The molecule has 4 rings (SSSR count). The standard InChI is InChI=1S/C24H30N2O/c1-5-6-18-13-19-20(14-23(18)27-4)24(17-9-7-16(2)8-10-17)25-22-11-12-26(3)15-21(19)22/h7-10,13-14,21-22H,5-6,11-12,15H2,1-4H3/t21-,22?/m1/s1. The number of likely N-dealkylation sites (N-methyl/N-ethyl adjacent to an activating group) is 1. The van der Waals surface area contributed by atoms with Gasteiger partial charge >= 0.3 is 0 Å². The molecular weight excluding hydrogens is 332 g/mol. The van der Waals surface area contributed by atoms with Crippen LogP contribution in [0.1, 0.15) is 53.5 Å². The summed E-state index contributed by atoms with van der Waals surface area (Å²) in [7, 11) is 4.01. The van der Waals surface area contributed by atoms with Gasteiger partial charge in [-0.1, -0.05) is 49.2 Å². The van der Waals surface area contributed by atoms with Gasteiger partial charge in [-0.15, -0.1) is 0 Å². The zero-order chi connectivity index (χ0) is 19.0. The predicted octanol–water partition coefficient (Wildman–Crippen LogP) is 4.59. The van der Waals surface area contributed by atoms with E-state index in [2.05, 4.69) is 62.2 Å². The molecule has 0 spiro atoms. The molecule has 3 heteroatoms. The van der Waals surface area contributed by atoms with Crippen LogP contribution in [0.3, 0.4) is 0 Å². The third kappa shape index (κ3) is 3.41. The molecule has 2 aromatic rings. The lowest BCUT2D eigenvalue weighted by Gasteiger charge is -2.39. The van der Waals surface area contributed by atoms with Crippen LogP contribution < -0.4 is 4.74 Å². The number of aryl methyl sites for hydroxylation is 2. The summed E-state index contributed by atoms with van der Waals surface area (Å²) < 4.78 is 5.76. The first-order valence-electron chi connectivity index (χ1n) is 10.1. The highest BCUT2D eigenvalue weighted by Crippen LogP contribution is 2.40. The Balaban J connectivity index is 1.88. The van der Waals surface area contributed by atoms with Crippen LogP contribution in [0.4, 0.5) is 0 Å². The molecule has 0 saturated carbocycles. The molecule has 2 aliphatic rings. The Morgan fingerprint density at radius 1 is 1.19 bits per heavy atom. The summed E-state index contributed by atoms with van der Waals surface area (Å²) in [4.78, 5) is 7.71. The van der Waals surface area contributed by atoms with E-state index in [1.165, 1.54) is 27.8 Å². The van der Waals surface area contributed by atoms with Gasteiger partial charge in [0, 0.05) is 23.6 Å². The lowest BCUT2D eigenvalue weighted by Crippen LogP contribution is -2.42. The first-order valence-corrected chi connectivity index (χ1v) is 10.1. The Morgan fingerprint density at radius 2 is 1.96 bits per heavy atom. The second-order valence-corrected chi connectivity index (χ2v) is 8.07. The van der Waals surface area contributed by atoms with Gasteiger partial charge < -0.3 is 9.64 Å². The molecule has 0 amide bonds. The van der Waals surface area contributed by atoms with Crippen molar-refractivity contribution < 1.29 is 4.74 Å². The molecule has 27 heavy (non-hydrogen) atoms. The summed E-state index contributed by atoms with van der Waals surface area (Å²) in [5, 5.41) is 0. The number of hydrogen-bond acceptors (Lipinski definition) is 3. The minimum atomic E-state index is 0.382. The fourth-order valence-corrected chi connectivity index (χ4v) is 4.55. The molecule has 1 fully saturated rings. The van der Waals surface area contributed by atoms with Crippen molar-refractivity contribution in [2.45, 2.75) is 45.1 Å². The van der Waals surface area contributed by atoms with Crippen LogP contribution in [0.15, 0.2) is 41.4 Å². The van der Waals surface area contributed by atoms with Crippen molar-refractivity contribution in [2.24, 2.45) is 4.99 Å². The molecule has 0 bridgehead atoms. The number of aliphatic imine (C=N–C) groups is 1. The van der Waals surface area contributed by atoms with Gasteiger partial charge in [0.2, 0.25) is 0 Å². The first-order chi connectivity index (χ1) is 13.1. The summed E-state index contributed by atoms with van der Waals surface area (Å²) in [6.45, 7) is 6.57. The number of piperidine rings is 1. The fourth-order valence-electron chi connectivity index (χ4n) is 4.55. The van der Waals surface area contributed by atoms with E-state index >= 15 is 0 Å². The van der Waals surface area contributed by atoms with Gasteiger partial charge in [-0.2, -0.15) is 0 Å². The third-order valence-corrected chi connectivity index (χ3v) is 6.03. The molecule has 0 aromatic heterocycles. The third-order valence-electron chi connectivity index (χ3n) is 6.03. The van der Waals surface area contributed by atoms with E-state index in [1.54, 1.807) is 7.11 Å². The van der Waals surface area contributed by atoms with E-state index < -0.39 is 0 Å². The Bertz CT molecular complexity index is 853. The highest BCUT2D eigenvalue weighted by Gasteiger charge is 2.35. The number of likely N-dealkylation sites (tertiary alicyclic amines) is 1. The largest absolute Gasteiger partial charge is 0.496 e. The summed E-state index contributed by atoms with van der Waals surface area (Å²) in [5.74, 6) is 1.48.